The summed E-state index contributed by atoms with van der Waals surface area (Å²) in [6, 6.07) is 21.6. The van der Waals surface area contributed by atoms with Gasteiger partial charge >= 0.3 is 0 Å². The third-order valence-electron chi connectivity index (χ3n) is 10.0. The lowest BCUT2D eigenvalue weighted by Gasteiger charge is -2.39. The summed E-state index contributed by atoms with van der Waals surface area (Å²) in [5, 5.41) is 12.8. The van der Waals surface area contributed by atoms with E-state index in [2.05, 4.69) is 13.2 Å². The van der Waals surface area contributed by atoms with E-state index in [1.165, 1.54) is 0 Å². The first-order valence-electron chi connectivity index (χ1n) is 15.6. The molecule has 3 aromatic rings. The standard InChI is InChI=1S/C37H41N3O5/c1-5-20-38(4)33(42)30-31-34(43)40(29(24-41)22-25-12-8-7-9-13-25)32(37(31)19-18-36(30,3)45-37)35(44)39(21-6-2)28-17-16-26-14-10-11-15-27(26)23-28/h5-17,23,29-32,41H,1-2,18-22,24H2,3-4H3/t29-,30-,31+,32?,36+,37?/m1/s1. The maximum Gasteiger partial charge on any atom is 0.253 e. The van der Waals surface area contributed by atoms with Gasteiger partial charge in [-0.25, -0.2) is 0 Å². The van der Waals surface area contributed by atoms with E-state index in [0.29, 0.717) is 31.5 Å². The molecule has 45 heavy (non-hydrogen) atoms. The summed E-state index contributed by atoms with van der Waals surface area (Å²) in [6.07, 6.45) is 4.65. The van der Waals surface area contributed by atoms with Crippen molar-refractivity contribution in [1.29, 1.82) is 0 Å². The zero-order valence-corrected chi connectivity index (χ0v) is 26.0. The van der Waals surface area contributed by atoms with Crippen LogP contribution in [0.1, 0.15) is 25.3 Å². The Bertz CT molecular complexity index is 1640. The van der Waals surface area contributed by atoms with Gasteiger partial charge in [0, 0.05) is 25.8 Å². The van der Waals surface area contributed by atoms with Gasteiger partial charge in [0.1, 0.15) is 11.6 Å². The first kappa shape index (κ1) is 30.7. The molecule has 1 N–H and O–H groups in total. The van der Waals surface area contributed by atoms with Gasteiger partial charge < -0.3 is 24.5 Å². The fourth-order valence-corrected chi connectivity index (χ4v) is 8.01. The molecule has 3 aliphatic heterocycles. The van der Waals surface area contributed by atoms with E-state index in [1.54, 1.807) is 33.9 Å². The smallest absolute Gasteiger partial charge is 0.253 e. The van der Waals surface area contributed by atoms with Crippen LogP contribution in [0.15, 0.2) is 98.1 Å². The number of likely N-dealkylation sites (tertiary alicyclic amines) is 1. The second kappa shape index (κ2) is 11.9. The number of benzene rings is 3. The lowest BCUT2D eigenvalue weighted by atomic mass is 9.66. The average Bonchev–Trinajstić information content (AvgIpc) is 3.62. The van der Waals surface area contributed by atoms with Crippen molar-refractivity contribution in [3.8, 4) is 0 Å². The fraction of sp³-hybridized carbons (Fsp3) is 0.378. The number of likely N-dealkylation sites (N-methyl/N-ethyl adjacent to an activating group) is 1. The summed E-state index contributed by atoms with van der Waals surface area (Å²) < 4.78 is 6.86. The Morgan fingerprint density at radius 1 is 1.00 bits per heavy atom. The summed E-state index contributed by atoms with van der Waals surface area (Å²) in [7, 11) is 1.70. The Morgan fingerprint density at radius 3 is 2.38 bits per heavy atom. The summed E-state index contributed by atoms with van der Waals surface area (Å²) in [4.78, 5) is 48.6. The van der Waals surface area contributed by atoms with Gasteiger partial charge in [0.05, 0.1) is 30.1 Å². The molecule has 8 nitrogen and oxygen atoms in total. The largest absolute Gasteiger partial charge is 0.394 e. The molecule has 1 spiro atoms. The molecule has 8 heteroatoms. The van der Waals surface area contributed by atoms with Crippen molar-refractivity contribution in [1.82, 2.24) is 9.80 Å². The molecular formula is C37H41N3O5. The minimum atomic E-state index is -1.22. The highest BCUT2D eigenvalue weighted by atomic mass is 16.5. The molecule has 0 aromatic heterocycles. The molecule has 0 radical (unpaired) electrons. The van der Waals surface area contributed by atoms with Crippen molar-refractivity contribution in [2.75, 3.05) is 31.6 Å². The zero-order valence-electron chi connectivity index (χ0n) is 26.0. The van der Waals surface area contributed by atoms with Gasteiger partial charge in [0.25, 0.3) is 5.91 Å². The highest BCUT2D eigenvalue weighted by Gasteiger charge is 2.78. The van der Waals surface area contributed by atoms with E-state index >= 15 is 4.79 Å². The van der Waals surface area contributed by atoms with Gasteiger partial charge in [-0.15, -0.1) is 13.2 Å². The summed E-state index contributed by atoms with van der Waals surface area (Å²) in [5.74, 6) is -2.48. The van der Waals surface area contributed by atoms with Crippen LogP contribution in [0.4, 0.5) is 5.69 Å². The molecule has 234 valence electrons. The second-order valence-electron chi connectivity index (χ2n) is 12.8. The van der Waals surface area contributed by atoms with Gasteiger partial charge in [0.15, 0.2) is 0 Å². The topological polar surface area (TPSA) is 90.4 Å². The zero-order chi connectivity index (χ0) is 31.9. The third kappa shape index (κ3) is 4.96. The lowest BCUT2D eigenvalue weighted by Crippen LogP contribution is -2.59. The number of amides is 3. The summed E-state index contributed by atoms with van der Waals surface area (Å²) in [5.41, 5.74) is -0.527. The molecule has 3 fully saturated rings. The highest BCUT2D eigenvalue weighted by molar-refractivity contribution is 6.06. The number of rotatable bonds is 11. The number of carbonyl (C=O) groups is 3. The Labute approximate surface area is 264 Å². The van der Waals surface area contributed by atoms with Crippen molar-refractivity contribution in [3.63, 3.8) is 0 Å². The molecule has 0 saturated carbocycles. The molecule has 6 atom stereocenters. The summed E-state index contributed by atoms with van der Waals surface area (Å²) in [6.45, 7) is 9.78. The van der Waals surface area contributed by atoms with E-state index in [-0.39, 0.29) is 30.9 Å². The Morgan fingerprint density at radius 2 is 1.69 bits per heavy atom. The van der Waals surface area contributed by atoms with Crippen LogP contribution in [-0.4, -0.2) is 82.7 Å². The Kier molecular flexibility index (Phi) is 8.14. The van der Waals surface area contributed by atoms with Crippen LogP contribution in [0.25, 0.3) is 10.8 Å². The van der Waals surface area contributed by atoms with E-state index in [9.17, 15) is 14.7 Å². The molecule has 2 unspecified atom stereocenters. The first-order valence-corrected chi connectivity index (χ1v) is 15.6. The van der Waals surface area contributed by atoms with Crippen LogP contribution in [0, 0.1) is 11.8 Å². The maximum absolute atomic E-state index is 15.1. The normalized spacial score (nSPS) is 27.3. The minimum Gasteiger partial charge on any atom is -0.394 e. The van der Waals surface area contributed by atoms with Gasteiger partial charge in [-0.05, 0) is 54.7 Å². The first-order chi connectivity index (χ1) is 21.7. The minimum absolute atomic E-state index is 0.202. The summed E-state index contributed by atoms with van der Waals surface area (Å²) >= 11 is 0. The monoisotopic (exact) mass is 607 g/mol. The van der Waals surface area contributed by atoms with Crippen LogP contribution < -0.4 is 4.90 Å². The second-order valence-corrected chi connectivity index (χ2v) is 12.8. The molecule has 3 aliphatic rings. The van der Waals surface area contributed by atoms with Crippen molar-refractivity contribution >= 4 is 34.2 Å². The van der Waals surface area contributed by atoms with Crippen molar-refractivity contribution < 1.29 is 24.2 Å². The van der Waals surface area contributed by atoms with Crippen molar-refractivity contribution in [2.45, 2.75) is 49.5 Å². The molecule has 3 aromatic carbocycles. The fourth-order valence-electron chi connectivity index (χ4n) is 8.01. The number of fused-ring (bicyclic) bond motifs is 2. The van der Waals surface area contributed by atoms with Crippen LogP contribution >= 0.6 is 0 Å². The number of aliphatic hydroxyl groups excluding tert-OH is 1. The average molecular weight is 608 g/mol. The van der Waals surface area contributed by atoms with E-state index in [4.69, 9.17) is 4.74 Å². The number of hydrogen-bond donors (Lipinski definition) is 1. The van der Waals surface area contributed by atoms with Crippen LogP contribution in [0.5, 0.6) is 0 Å². The number of nitrogens with zero attached hydrogens (tertiary/aromatic N) is 3. The van der Waals surface area contributed by atoms with E-state index in [0.717, 1.165) is 16.3 Å². The number of anilines is 1. The van der Waals surface area contributed by atoms with Gasteiger partial charge in [-0.3, -0.25) is 14.4 Å². The van der Waals surface area contributed by atoms with Gasteiger partial charge in [0.2, 0.25) is 11.8 Å². The maximum atomic E-state index is 15.1. The number of ether oxygens (including phenoxy) is 1. The molecule has 2 bridgehead atoms. The highest BCUT2D eigenvalue weighted by Crippen LogP contribution is 2.64. The predicted molar refractivity (Wildman–Crippen MR) is 174 cm³/mol. The third-order valence-corrected chi connectivity index (χ3v) is 10.0. The van der Waals surface area contributed by atoms with E-state index < -0.39 is 35.1 Å². The molecule has 3 amide bonds. The van der Waals surface area contributed by atoms with Crippen molar-refractivity contribution in [2.24, 2.45) is 11.8 Å². The Balaban J connectivity index is 1.47. The van der Waals surface area contributed by atoms with Gasteiger partial charge in [-0.2, -0.15) is 0 Å². The van der Waals surface area contributed by atoms with Crippen molar-refractivity contribution in [3.05, 3.63) is 104 Å². The molecule has 6 rings (SSSR count). The quantitative estimate of drug-likeness (QED) is 0.327. The number of aliphatic hydroxyl groups is 1. The van der Waals surface area contributed by atoms with Gasteiger partial charge in [-0.1, -0.05) is 72.8 Å². The molecule has 0 aliphatic carbocycles. The van der Waals surface area contributed by atoms with Crippen LogP contribution in [-0.2, 0) is 25.5 Å². The number of carbonyl (C=O) groups excluding carboxylic acids is 3. The molecule has 3 saturated heterocycles. The molecule has 3 heterocycles. The van der Waals surface area contributed by atoms with Crippen LogP contribution in [0.2, 0.25) is 0 Å². The molecular weight excluding hydrogens is 566 g/mol. The lowest BCUT2D eigenvalue weighted by molar-refractivity contribution is -0.151. The van der Waals surface area contributed by atoms with E-state index in [1.807, 2.05) is 79.7 Å². The van der Waals surface area contributed by atoms with Crippen LogP contribution in [0.3, 0.4) is 0 Å². The number of hydrogen-bond acceptors (Lipinski definition) is 5. The predicted octanol–water partition coefficient (Wildman–Crippen LogP) is 4.37. The Hall–Kier alpha value is -4.27. The SMILES string of the molecule is C=CCN(C)C(=O)[C@H]1[C@H]2C(=O)N([C@@H](CO)Cc3ccccc3)C(C(=O)N(CC=C)c3ccc4ccccc4c3)C23CC[C@]1(C)O3.